The molecule has 0 saturated heterocycles. The molecule has 3 atom stereocenters. The van der Waals surface area contributed by atoms with E-state index < -0.39 is 0 Å². The van der Waals surface area contributed by atoms with Crippen LogP contribution in [0.25, 0.3) is 0 Å². The molecule has 0 aromatic heterocycles. The lowest BCUT2D eigenvalue weighted by Gasteiger charge is -2.23. The molecule has 3 nitrogen and oxygen atoms in total. The van der Waals surface area contributed by atoms with Gasteiger partial charge in [-0.15, -0.1) is 0 Å². The predicted molar refractivity (Wildman–Crippen MR) is 73.8 cm³/mol. The molecule has 2 aliphatic carbocycles. The van der Waals surface area contributed by atoms with E-state index in [0.717, 1.165) is 29.7 Å². The van der Waals surface area contributed by atoms with Gasteiger partial charge in [-0.3, -0.25) is 0 Å². The Morgan fingerprint density at radius 1 is 1.37 bits per heavy atom. The summed E-state index contributed by atoms with van der Waals surface area (Å²) in [7, 11) is 1.68. The van der Waals surface area contributed by atoms with Gasteiger partial charge in [-0.2, -0.15) is 5.26 Å². The molecule has 19 heavy (non-hydrogen) atoms. The largest absolute Gasteiger partial charge is 0.496 e. The monoisotopic (exact) mass is 256 g/mol. The van der Waals surface area contributed by atoms with Crippen LogP contribution in [0.2, 0.25) is 0 Å². The lowest BCUT2D eigenvalue weighted by molar-refractivity contribution is 0.346. The van der Waals surface area contributed by atoms with Crippen molar-refractivity contribution in [1.29, 1.82) is 5.26 Å². The highest BCUT2D eigenvalue weighted by atomic mass is 16.5. The van der Waals surface area contributed by atoms with Gasteiger partial charge in [0.1, 0.15) is 5.75 Å². The van der Waals surface area contributed by atoms with Crippen molar-refractivity contribution < 1.29 is 4.74 Å². The van der Waals surface area contributed by atoms with Crippen LogP contribution < -0.4 is 10.1 Å². The number of fused-ring (bicyclic) bond motifs is 2. The van der Waals surface area contributed by atoms with Gasteiger partial charge < -0.3 is 10.1 Å². The highest BCUT2D eigenvalue weighted by Crippen LogP contribution is 2.44. The van der Waals surface area contributed by atoms with Gasteiger partial charge in [0.15, 0.2) is 0 Å². The first-order valence-corrected chi connectivity index (χ1v) is 7.10. The number of nitriles is 1. The van der Waals surface area contributed by atoms with E-state index in [4.69, 9.17) is 10.00 Å². The van der Waals surface area contributed by atoms with E-state index in [0.29, 0.717) is 11.6 Å². The normalized spacial score (nSPS) is 28.3. The van der Waals surface area contributed by atoms with Crippen LogP contribution in [-0.2, 0) is 6.54 Å². The standard InChI is InChI=1S/C16H20N2O/c1-19-16-5-3-12(9-17)7-14(16)10-18-15-8-11-2-4-13(15)6-11/h3,5,7,11,13,15,18H,2,4,6,8,10H2,1H3. The second kappa shape index (κ2) is 5.22. The van der Waals surface area contributed by atoms with Crippen LogP contribution in [0, 0.1) is 23.2 Å². The summed E-state index contributed by atoms with van der Waals surface area (Å²) in [6.07, 6.45) is 5.55. The van der Waals surface area contributed by atoms with Gasteiger partial charge in [0, 0.05) is 18.2 Å². The number of nitrogens with zero attached hydrogens (tertiary/aromatic N) is 1. The van der Waals surface area contributed by atoms with Crippen LogP contribution >= 0.6 is 0 Å². The average molecular weight is 256 g/mol. The molecule has 3 rings (SSSR count). The quantitative estimate of drug-likeness (QED) is 0.901. The van der Waals surface area contributed by atoms with Gasteiger partial charge in [-0.05, 0) is 49.3 Å². The number of rotatable bonds is 4. The van der Waals surface area contributed by atoms with Crippen LogP contribution in [0.1, 0.15) is 36.8 Å². The Labute approximate surface area is 114 Å². The lowest BCUT2D eigenvalue weighted by atomic mass is 9.95. The van der Waals surface area contributed by atoms with Gasteiger partial charge in [-0.25, -0.2) is 0 Å². The van der Waals surface area contributed by atoms with Gasteiger partial charge in [-0.1, -0.05) is 6.42 Å². The van der Waals surface area contributed by atoms with Crippen molar-refractivity contribution in [2.24, 2.45) is 11.8 Å². The Balaban J connectivity index is 1.67. The molecule has 2 fully saturated rings. The van der Waals surface area contributed by atoms with Crippen LogP contribution in [0.5, 0.6) is 5.75 Å². The molecule has 2 bridgehead atoms. The van der Waals surface area contributed by atoms with Crippen LogP contribution in [0.3, 0.4) is 0 Å². The molecule has 3 unspecified atom stereocenters. The number of ether oxygens (including phenoxy) is 1. The Morgan fingerprint density at radius 2 is 2.26 bits per heavy atom. The fraction of sp³-hybridized carbons (Fsp3) is 0.562. The SMILES string of the molecule is COc1ccc(C#N)cc1CNC1CC2CCC1C2. The average Bonchev–Trinajstić information content (AvgIpc) is 3.07. The third kappa shape index (κ3) is 2.46. The topological polar surface area (TPSA) is 45.0 Å². The van der Waals surface area contributed by atoms with E-state index in [1.807, 2.05) is 12.1 Å². The summed E-state index contributed by atoms with van der Waals surface area (Å²) in [6.45, 7) is 0.798. The van der Waals surface area contributed by atoms with E-state index >= 15 is 0 Å². The third-order valence-corrected chi connectivity index (χ3v) is 4.70. The summed E-state index contributed by atoms with van der Waals surface area (Å²) in [5.74, 6) is 2.69. The number of nitrogens with one attached hydrogen (secondary N) is 1. The molecule has 0 aliphatic heterocycles. The Morgan fingerprint density at radius 3 is 2.89 bits per heavy atom. The van der Waals surface area contributed by atoms with Crippen molar-refractivity contribution in [3.63, 3.8) is 0 Å². The Hall–Kier alpha value is -1.53. The molecule has 0 radical (unpaired) electrons. The highest BCUT2D eigenvalue weighted by Gasteiger charge is 2.39. The molecule has 1 aromatic rings. The van der Waals surface area contributed by atoms with E-state index in [-0.39, 0.29) is 0 Å². The minimum atomic E-state index is 0.661. The molecular formula is C16H20N2O. The van der Waals surface area contributed by atoms with Gasteiger partial charge >= 0.3 is 0 Å². The number of hydrogen-bond acceptors (Lipinski definition) is 3. The zero-order valence-corrected chi connectivity index (χ0v) is 11.4. The molecule has 2 saturated carbocycles. The summed E-state index contributed by atoms with van der Waals surface area (Å²) in [4.78, 5) is 0. The lowest BCUT2D eigenvalue weighted by Crippen LogP contribution is -2.33. The number of hydrogen-bond donors (Lipinski definition) is 1. The van der Waals surface area contributed by atoms with Crippen LogP contribution in [0.4, 0.5) is 0 Å². The Bertz CT molecular complexity index is 506. The van der Waals surface area contributed by atoms with E-state index in [1.54, 1.807) is 13.2 Å². The highest BCUT2D eigenvalue weighted by molar-refractivity contribution is 5.42. The maximum atomic E-state index is 8.98. The van der Waals surface area contributed by atoms with Crippen molar-refractivity contribution in [1.82, 2.24) is 5.32 Å². The minimum Gasteiger partial charge on any atom is -0.496 e. The molecule has 2 aliphatic rings. The first-order chi connectivity index (χ1) is 9.30. The second-order valence-electron chi connectivity index (χ2n) is 5.80. The van der Waals surface area contributed by atoms with Gasteiger partial charge in [0.2, 0.25) is 0 Å². The maximum absolute atomic E-state index is 8.98. The van der Waals surface area contributed by atoms with Crippen molar-refractivity contribution in [3.8, 4) is 11.8 Å². The summed E-state index contributed by atoms with van der Waals surface area (Å²) in [6, 6.07) is 8.47. The van der Waals surface area contributed by atoms with Gasteiger partial charge in [0.05, 0.1) is 18.7 Å². The number of benzene rings is 1. The van der Waals surface area contributed by atoms with Crippen LogP contribution in [-0.4, -0.2) is 13.2 Å². The summed E-state index contributed by atoms with van der Waals surface area (Å²) < 4.78 is 5.37. The molecular weight excluding hydrogens is 236 g/mol. The van der Waals surface area contributed by atoms with Crippen molar-refractivity contribution in [3.05, 3.63) is 29.3 Å². The maximum Gasteiger partial charge on any atom is 0.123 e. The second-order valence-corrected chi connectivity index (χ2v) is 5.80. The fourth-order valence-corrected chi connectivity index (χ4v) is 3.72. The zero-order chi connectivity index (χ0) is 13.2. The molecule has 0 spiro atoms. The first kappa shape index (κ1) is 12.5. The molecule has 3 heteroatoms. The smallest absolute Gasteiger partial charge is 0.123 e. The Kier molecular flexibility index (Phi) is 3.44. The van der Waals surface area contributed by atoms with E-state index in [1.165, 1.54) is 25.7 Å². The zero-order valence-electron chi connectivity index (χ0n) is 11.4. The molecule has 0 amide bonds. The summed E-state index contributed by atoms with van der Waals surface area (Å²) in [5.41, 5.74) is 1.79. The van der Waals surface area contributed by atoms with Gasteiger partial charge in [0.25, 0.3) is 0 Å². The number of methoxy groups -OCH3 is 1. The summed E-state index contributed by atoms with van der Waals surface area (Å²) in [5, 5.41) is 12.6. The third-order valence-electron chi connectivity index (χ3n) is 4.70. The van der Waals surface area contributed by atoms with Crippen molar-refractivity contribution in [2.45, 2.75) is 38.3 Å². The first-order valence-electron chi connectivity index (χ1n) is 7.10. The van der Waals surface area contributed by atoms with E-state index in [2.05, 4.69) is 11.4 Å². The van der Waals surface area contributed by atoms with Crippen molar-refractivity contribution in [2.75, 3.05) is 7.11 Å². The molecule has 100 valence electrons. The van der Waals surface area contributed by atoms with Crippen LogP contribution in [0.15, 0.2) is 18.2 Å². The van der Waals surface area contributed by atoms with Crippen molar-refractivity contribution >= 4 is 0 Å². The molecule has 1 N–H and O–H groups in total. The van der Waals surface area contributed by atoms with E-state index in [9.17, 15) is 0 Å². The predicted octanol–water partition coefficient (Wildman–Crippen LogP) is 2.85. The fourth-order valence-electron chi connectivity index (χ4n) is 3.72. The molecule has 0 heterocycles. The summed E-state index contributed by atoms with van der Waals surface area (Å²) >= 11 is 0. The molecule has 1 aromatic carbocycles. The minimum absolute atomic E-state index is 0.661.